The van der Waals surface area contributed by atoms with E-state index >= 15 is 0 Å². The van der Waals surface area contributed by atoms with Crippen molar-refractivity contribution in [3.8, 4) is 11.5 Å². The molecule has 2 unspecified atom stereocenters. The van der Waals surface area contributed by atoms with Crippen molar-refractivity contribution in [2.75, 3.05) is 26.2 Å². The molecular formula is C23H24ClN3O5. The van der Waals surface area contributed by atoms with Crippen molar-refractivity contribution >= 4 is 29.4 Å². The predicted molar refractivity (Wildman–Crippen MR) is 118 cm³/mol. The number of rotatable bonds is 6. The molecule has 0 aliphatic carbocycles. The molecule has 0 bridgehead atoms. The number of carbonyl (C=O) groups excluding carboxylic acids is 3. The highest BCUT2D eigenvalue weighted by Gasteiger charge is 2.49. The monoisotopic (exact) mass is 457 g/mol. The summed E-state index contributed by atoms with van der Waals surface area (Å²) >= 11 is 5.93. The number of para-hydroxylation sites is 2. The number of ether oxygens (including phenoxy) is 2. The van der Waals surface area contributed by atoms with E-state index in [4.69, 9.17) is 21.1 Å². The van der Waals surface area contributed by atoms with E-state index < -0.39 is 17.5 Å². The van der Waals surface area contributed by atoms with Crippen LogP contribution in [0.3, 0.4) is 0 Å². The van der Waals surface area contributed by atoms with Crippen LogP contribution in [-0.4, -0.2) is 60.0 Å². The number of likely N-dealkylation sites (N-methyl/N-ethyl adjacent to an activating group) is 1. The van der Waals surface area contributed by atoms with Crippen LogP contribution in [0.4, 0.5) is 4.79 Å². The fourth-order valence-electron chi connectivity index (χ4n) is 3.86. The normalized spacial score (nSPS) is 22.0. The van der Waals surface area contributed by atoms with Gasteiger partial charge in [-0.2, -0.15) is 0 Å². The summed E-state index contributed by atoms with van der Waals surface area (Å²) in [6, 6.07) is 13.4. The third kappa shape index (κ3) is 4.10. The number of imide groups is 1. The molecule has 9 heteroatoms. The van der Waals surface area contributed by atoms with Crippen LogP contribution in [0, 0.1) is 0 Å². The summed E-state index contributed by atoms with van der Waals surface area (Å²) in [5.74, 6) is 0.457. The molecule has 0 radical (unpaired) electrons. The van der Waals surface area contributed by atoms with Gasteiger partial charge < -0.3 is 19.7 Å². The summed E-state index contributed by atoms with van der Waals surface area (Å²) in [5.41, 5.74) is -0.669. The SMILES string of the molecule is CCN(CC1COc2ccccc2O1)C(=O)CN1C(=O)NC(C)(c2ccc(Cl)cc2)C1=O. The van der Waals surface area contributed by atoms with Gasteiger partial charge >= 0.3 is 6.03 Å². The van der Waals surface area contributed by atoms with Crippen LogP contribution in [-0.2, 0) is 15.1 Å². The van der Waals surface area contributed by atoms with Crippen LogP contribution in [0.2, 0.25) is 5.02 Å². The molecule has 1 N–H and O–H groups in total. The molecule has 2 atom stereocenters. The van der Waals surface area contributed by atoms with Crippen LogP contribution in [0.25, 0.3) is 0 Å². The molecule has 32 heavy (non-hydrogen) atoms. The zero-order valence-corrected chi connectivity index (χ0v) is 18.6. The van der Waals surface area contributed by atoms with Gasteiger partial charge in [-0.25, -0.2) is 4.79 Å². The predicted octanol–water partition coefficient (Wildman–Crippen LogP) is 2.80. The third-order valence-electron chi connectivity index (χ3n) is 5.72. The van der Waals surface area contributed by atoms with Crippen LogP contribution < -0.4 is 14.8 Å². The van der Waals surface area contributed by atoms with Gasteiger partial charge in [0.05, 0.1) is 6.54 Å². The Bertz CT molecular complexity index is 1040. The lowest BCUT2D eigenvalue weighted by Crippen LogP contribution is -2.48. The second-order valence-electron chi connectivity index (χ2n) is 7.88. The van der Waals surface area contributed by atoms with Crippen LogP contribution in [0.1, 0.15) is 19.4 Å². The molecule has 0 spiro atoms. The summed E-state index contributed by atoms with van der Waals surface area (Å²) < 4.78 is 11.7. The quantitative estimate of drug-likeness (QED) is 0.674. The van der Waals surface area contributed by atoms with Gasteiger partial charge in [0.25, 0.3) is 5.91 Å². The zero-order valence-electron chi connectivity index (χ0n) is 17.8. The van der Waals surface area contributed by atoms with Gasteiger partial charge in [-0.15, -0.1) is 0 Å². The first-order valence-corrected chi connectivity index (χ1v) is 10.8. The molecule has 8 nitrogen and oxygen atoms in total. The summed E-state index contributed by atoms with van der Waals surface area (Å²) in [6.45, 7) is 4.08. The molecule has 2 aromatic carbocycles. The number of halogens is 1. The van der Waals surface area contributed by atoms with E-state index in [0.717, 1.165) is 4.90 Å². The van der Waals surface area contributed by atoms with Gasteiger partial charge in [0.1, 0.15) is 18.7 Å². The first-order chi connectivity index (χ1) is 15.3. The Morgan fingerprint density at radius 1 is 1.19 bits per heavy atom. The van der Waals surface area contributed by atoms with Crippen LogP contribution in [0.15, 0.2) is 48.5 Å². The van der Waals surface area contributed by atoms with Crippen molar-refractivity contribution in [3.05, 3.63) is 59.1 Å². The number of amides is 4. The summed E-state index contributed by atoms with van der Waals surface area (Å²) in [6.07, 6.45) is -0.351. The second kappa shape index (κ2) is 8.70. The van der Waals surface area contributed by atoms with E-state index in [-0.39, 0.29) is 25.1 Å². The van der Waals surface area contributed by atoms with E-state index in [1.807, 2.05) is 31.2 Å². The Morgan fingerprint density at radius 3 is 2.56 bits per heavy atom. The smallest absolute Gasteiger partial charge is 0.325 e. The van der Waals surface area contributed by atoms with Crippen molar-refractivity contribution in [2.45, 2.75) is 25.5 Å². The maximum atomic E-state index is 13.1. The molecule has 2 aliphatic rings. The molecule has 0 saturated carbocycles. The third-order valence-corrected chi connectivity index (χ3v) is 5.97. The average molecular weight is 458 g/mol. The molecule has 2 aliphatic heterocycles. The fourth-order valence-corrected chi connectivity index (χ4v) is 3.99. The maximum Gasteiger partial charge on any atom is 0.325 e. The van der Waals surface area contributed by atoms with E-state index in [0.29, 0.717) is 35.2 Å². The van der Waals surface area contributed by atoms with E-state index in [9.17, 15) is 14.4 Å². The second-order valence-corrected chi connectivity index (χ2v) is 8.32. The van der Waals surface area contributed by atoms with Gasteiger partial charge in [-0.3, -0.25) is 14.5 Å². The first kappa shape index (κ1) is 22.0. The highest BCUT2D eigenvalue weighted by molar-refractivity contribution is 6.30. The Labute approximate surface area is 191 Å². The lowest BCUT2D eigenvalue weighted by molar-refractivity contribution is -0.139. The van der Waals surface area contributed by atoms with Crippen molar-refractivity contribution < 1.29 is 23.9 Å². The Balaban J connectivity index is 1.42. The van der Waals surface area contributed by atoms with Gasteiger partial charge in [0.2, 0.25) is 5.91 Å². The largest absolute Gasteiger partial charge is 0.486 e. The molecule has 1 fully saturated rings. The molecular weight excluding hydrogens is 434 g/mol. The Morgan fingerprint density at radius 2 is 1.88 bits per heavy atom. The van der Waals surface area contributed by atoms with Crippen molar-refractivity contribution in [1.82, 2.24) is 15.1 Å². The van der Waals surface area contributed by atoms with Crippen molar-refractivity contribution in [1.29, 1.82) is 0 Å². The number of carbonyl (C=O) groups is 3. The Hall–Kier alpha value is -3.26. The number of urea groups is 1. The lowest BCUT2D eigenvalue weighted by Gasteiger charge is -2.31. The number of hydrogen-bond acceptors (Lipinski definition) is 5. The molecule has 2 aromatic rings. The minimum atomic E-state index is -1.26. The highest BCUT2D eigenvalue weighted by Crippen LogP contribution is 2.32. The van der Waals surface area contributed by atoms with E-state index in [1.165, 1.54) is 0 Å². The molecule has 0 aromatic heterocycles. The van der Waals surface area contributed by atoms with E-state index in [2.05, 4.69) is 5.32 Å². The van der Waals surface area contributed by atoms with Gasteiger partial charge in [-0.05, 0) is 43.7 Å². The van der Waals surface area contributed by atoms with Gasteiger partial charge in [0.15, 0.2) is 17.6 Å². The highest BCUT2D eigenvalue weighted by atomic mass is 35.5. The molecule has 1 saturated heterocycles. The fraction of sp³-hybridized carbons (Fsp3) is 0.348. The van der Waals surface area contributed by atoms with Crippen LogP contribution >= 0.6 is 11.6 Å². The average Bonchev–Trinajstić information content (AvgIpc) is 3.01. The number of fused-ring (bicyclic) bond motifs is 1. The molecule has 4 rings (SSSR count). The maximum absolute atomic E-state index is 13.1. The number of nitrogens with one attached hydrogen (secondary N) is 1. The number of hydrogen-bond donors (Lipinski definition) is 1. The zero-order chi connectivity index (χ0) is 22.9. The molecule has 2 heterocycles. The summed E-state index contributed by atoms with van der Waals surface area (Å²) in [4.78, 5) is 41.1. The van der Waals surface area contributed by atoms with E-state index in [1.54, 1.807) is 36.1 Å². The van der Waals surface area contributed by atoms with Gasteiger partial charge in [-0.1, -0.05) is 35.9 Å². The number of nitrogens with zero attached hydrogens (tertiary/aromatic N) is 2. The Kier molecular flexibility index (Phi) is 5.97. The molecule has 168 valence electrons. The minimum Gasteiger partial charge on any atom is -0.486 e. The van der Waals surface area contributed by atoms with Gasteiger partial charge in [0, 0.05) is 11.6 Å². The minimum absolute atomic E-state index is 0.280. The van der Waals surface area contributed by atoms with Crippen molar-refractivity contribution in [2.24, 2.45) is 0 Å². The number of benzene rings is 2. The summed E-state index contributed by atoms with van der Waals surface area (Å²) in [7, 11) is 0. The lowest BCUT2D eigenvalue weighted by atomic mass is 9.92. The molecule has 4 amide bonds. The summed E-state index contributed by atoms with van der Waals surface area (Å²) in [5, 5.41) is 3.22. The first-order valence-electron chi connectivity index (χ1n) is 10.4. The topological polar surface area (TPSA) is 88.2 Å². The van der Waals surface area contributed by atoms with Crippen molar-refractivity contribution in [3.63, 3.8) is 0 Å². The van der Waals surface area contributed by atoms with Crippen LogP contribution in [0.5, 0.6) is 11.5 Å². The standard InChI is InChI=1S/C23H24ClN3O5/c1-3-26(12-17-14-31-18-6-4-5-7-19(18)32-17)20(28)13-27-21(29)23(2,25-22(27)30)15-8-10-16(24)11-9-15/h4-11,17H,3,12-14H2,1-2H3,(H,25,30).